The van der Waals surface area contributed by atoms with Crippen molar-refractivity contribution in [3.63, 3.8) is 0 Å². The second kappa shape index (κ2) is 4.73. The molecule has 1 atom stereocenters. The van der Waals surface area contributed by atoms with Crippen molar-refractivity contribution in [2.45, 2.75) is 0 Å². The van der Waals surface area contributed by atoms with Crippen LogP contribution >= 0.6 is 0 Å². The molecular formula is C12H13NO3S. The van der Waals surface area contributed by atoms with Crippen LogP contribution in [0, 0.1) is 0 Å². The Balaban J connectivity index is 2.68. The first-order valence-electron chi connectivity index (χ1n) is 5.08. The molecule has 90 valence electrons. The smallest absolute Gasteiger partial charge is 0.357 e. The summed E-state index contributed by atoms with van der Waals surface area (Å²) in [7, 11) is 3.74. The van der Waals surface area contributed by atoms with E-state index in [2.05, 4.69) is 0 Å². The van der Waals surface area contributed by atoms with Crippen LogP contribution in [0.25, 0.3) is 10.8 Å². The predicted octanol–water partition coefficient (Wildman–Crippen LogP) is 2.42. The molecule has 2 rings (SSSR count). The topological polar surface area (TPSA) is 49.8 Å². The lowest BCUT2D eigenvalue weighted by Crippen LogP contribution is -2.12. The Labute approximate surface area is 102 Å². The minimum absolute atomic E-state index is 0.398. The average molecular weight is 251 g/mol. The summed E-state index contributed by atoms with van der Waals surface area (Å²) in [4.78, 5) is 1.87. The lowest BCUT2D eigenvalue weighted by molar-refractivity contribution is 0.458. The van der Waals surface area contributed by atoms with E-state index < -0.39 is 11.4 Å². The second-order valence-electron chi connectivity index (χ2n) is 3.83. The molecule has 1 N–H and O–H groups in total. The zero-order valence-corrected chi connectivity index (χ0v) is 10.4. The van der Waals surface area contributed by atoms with Crippen molar-refractivity contribution < 1.29 is 12.9 Å². The minimum Gasteiger partial charge on any atom is -0.378 e. The van der Waals surface area contributed by atoms with Gasteiger partial charge in [-0.15, -0.1) is 0 Å². The standard InChI is InChI=1S/C12H13NO3S/c1-13(2)12-10-6-4-3-5-9(10)7-8-11(12)16-17(14)15/h3-8H,1-2H3,(H,14,15). The van der Waals surface area contributed by atoms with Crippen molar-refractivity contribution in [3.05, 3.63) is 36.4 Å². The van der Waals surface area contributed by atoms with Gasteiger partial charge in [0.25, 0.3) is 0 Å². The fourth-order valence-corrected chi connectivity index (χ4v) is 2.13. The van der Waals surface area contributed by atoms with E-state index in [0.717, 1.165) is 16.5 Å². The molecule has 17 heavy (non-hydrogen) atoms. The summed E-state index contributed by atoms with van der Waals surface area (Å²) in [5.74, 6) is 0.398. The van der Waals surface area contributed by atoms with Gasteiger partial charge in [-0.3, -0.25) is 4.55 Å². The number of hydrogen-bond donors (Lipinski definition) is 1. The first kappa shape index (κ1) is 11.9. The Morgan fingerprint density at radius 3 is 2.53 bits per heavy atom. The van der Waals surface area contributed by atoms with E-state index in [0.29, 0.717) is 5.75 Å². The van der Waals surface area contributed by atoms with Crippen LogP contribution in [0.15, 0.2) is 36.4 Å². The number of rotatable bonds is 3. The van der Waals surface area contributed by atoms with Crippen molar-refractivity contribution in [1.29, 1.82) is 0 Å². The van der Waals surface area contributed by atoms with Crippen LogP contribution in [-0.4, -0.2) is 22.9 Å². The van der Waals surface area contributed by atoms with E-state index in [-0.39, 0.29) is 0 Å². The van der Waals surface area contributed by atoms with E-state index in [1.165, 1.54) is 0 Å². The zero-order valence-electron chi connectivity index (χ0n) is 9.58. The van der Waals surface area contributed by atoms with Gasteiger partial charge in [0.15, 0.2) is 5.75 Å². The summed E-state index contributed by atoms with van der Waals surface area (Å²) in [6.07, 6.45) is 0. The SMILES string of the molecule is CN(C)c1c(OS(=O)O)ccc2ccccc12. The molecule has 0 aliphatic rings. The van der Waals surface area contributed by atoms with Crippen molar-refractivity contribution in [2.24, 2.45) is 0 Å². The largest absolute Gasteiger partial charge is 0.378 e. The molecule has 0 aromatic heterocycles. The summed E-state index contributed by atoms with van der Waals surface area (Å²) >= 11 is -2.31. The molecule has 0 saturated heterocycles. The quantitative estimate of drug-likeness (QED) is 0.851. The lowest BCUT2D eigenvalue weighted by Gasteiger charge is -2.18. The average Bonchev–Trinajstić information content (AvgIpc) is 2.27. The van der Waals surface area contributed by atoms with E-state index in [9.17, 15) is 4.21 Å². The van der Waals surface area contributed by atoms with Gasteiger partial charge in [-0.25, -0.2) is 0 Å². The Hall–Kier alpha value is -1.59. The van der Waals surface area contributed by atoms with Gasteiger partial charge < -0.3 is 9.08 Å². The van der Waals surface area contributed by atoms with E-state index in [4.69, 9.17) is 8.74 Å². The molecule has 0 saturated carbocycles. The number of anilines is 1. The first-order chi connectivity index (χ1) is 8.09. The van der Waals surface area contributed by atoms with Crippen LogP contribution in [0.2, 0.25) is 0 Å². The highest BCUT2D eigenvalue weighted by atomic mass is 32.2. The van der Waals surface area contributed by atoms with Crippen molar-refractivity contribution in [2.75, 3.05) is 19.0 Å². The zero-order chi connectivity index (χ0) is 12.4. The Bertz CT molecular complexity index is 569. The molecule has 5 heteroatoms. The van der Waals surface area contributed by atoms with E-state index in [1.54, 1.807) is 6.07 Å². The Kier molecular flexibility index (Phi) is 3.31. The van der Waals surface area contributed by atoms with Gasteiger partial charge in [0.2, 0.25) is 0 Å². The van der Waals surface area contributed by atoms with Crippen LogP contribution in [0.1, 0.15) is 0 Å². The molecule has 0 aliphatic carbocycles. The summed E-state index contributed by atoms with van der Waals surface area (Å²) in [6.45, 7) is 0. The summed E-state index contributed by atoms with van der Waals surface area (Å²) in [5, 5.41) is 2.05. The summed E-state index contributed by atoms with van der Waals surface area (Å²) in [5.41, 5.74) is 0.797. The first-order valence-corrected chi connectivity index (χ1v) is 6.11. The van der Waals surface area contributed by atoms with Crippen molar-refractivity contribution >= 4 is 27.8 Å². The highest BCUT2D eigenvalue weighted by Gasteiger charge is 2.12. The van der Waals surface area contributed by atoms with Gasteiger partial charge in [-0.2, -0.15) is 4.21 Å². The lowest BCUT2D eigenvalue weighted by atomic mass is 10.1. The molecule has 2 aromatic carbocycles. The van der Waals surface area contributed by atoms with Gasteiger partial charge in [0, 0.05) is 19.5 Å². The normalized spacial score (nSPS) is 12.4. The fourth-order valence-electron chi connectivity index (χ4n) is 1.84. The molecule has 0 radical (unpaired) electrons. The number of hydrogen-bond acceptors (Lipinski definition) is 3. The molecule has 0 heterocycles. The van der Waals surface area contributed by atoms with Gasteiger partial charge in [0.05, 0.1) is 5.69 Å². The van der Waals surface area contributed by atoms with Crippen LogP contribution in [-0.2, 0) is 11.4 Å². The monoisotopic (exact) mass is 251 g/mol. The molecule has 4 nitrogen and oxygen atoms in total. The van der Waals surface area contributed by atoms with Gasteiger partial charge in [0.1, 0.15) is 0 Å². The Morgan fingerprint density at radius 1 is 1.18 bits per heavy atom. The molecule has 0 aliphatic heterocycles. The highest BCUT2D eigenvalue weighted by molar-refractivity contribution is 7.74. The summed E-state index contributed by atoms with van der Waals surface area (Å²) < 4.78 is 24.5. The van der Waals surface area contributed by atoms with Gasteiger partial charge in [-0.05, 0) is 11.5 Å². The third-order valence-electron chi connectivity index (χ3n) is 2.47. The maximum absolute atomic E-state index is 10.7. The van der Waals surface area contributed by atoms with Crippen LogP contribution < -0.4 is 9.08 Å². The molecular weight excluding hydrogens is 238 g/mol. The van der Waals surface area contributed by atoms with Crippen LogP contribution in [0.4, 0.5) is 5.69 Å². The molecule has 1 unspecified atom stereocenters. The fraction of sp³-hybridized carbons (Fsp3) is 0.167. The molecule has 0 fully saturated rings. The maximum Gasteiger partial charge on any atom is 0.357 e. The summed E-state index contributed by atoms with van der Waals surface area (Å²) in [6, 6.07) is 11.4. The predicted molar refractivity (Wildman–Crippen MR) is 69.7 cm³/mol. The molecule has 0 spiro atoms. The second-order valence-corrected chi connectivity index (χ2v) is 4.43. The number of fused-ring (bicyclic) bond motifs is 1. The third-order valence-corrected chi connectivity index (χ3v) is 2.79. The third kappa shape index (κ3) is 2.40. The minimum atomic E-state index is -2.31. The van der Waals surface area contributed by atoms with Crippen LogP contribution in [0.3, 0.4) is 0 Å². The van der Waals surface area contributed by atoms with Crippen molar-refractivity contribution in [1.82, 2.24) is 0 Å². The van der Waals surface area contributed by atoms with Crippen molar-refractivity contribution in [3.8, 4) is 5.75 Å². The van der Waals surface area contributed by atoms with Gasteiger partial charge >= 0.3 is 11.4 Å². The van der Waals surface area contributed by atoms with Gasteiger partial charge in [-0.1, -0.05) is 30.3 Å². The molecule has 0 amide bonds. The molecule has 0 bridgehead atoms. The maximum atomic E-state index is 10.7. The number of benzene rings is 2. The molecule has 2 aromatic rings. The van der Waals surface area contributed by atoms with E-state index in [1.807, 2.05) is 49.3 Å². The Morgan fingerprint density at radius 2 is 1.88 bits per heavy atom. The number of nitrogens with zero attached hydrogens (tertiary/aromatic N) is 1. The van der Waals surface area contributed by atoms with Crippen LogP contribution in [0.5, 0.6) is 5.75 Å². The highest BCUT2D eigenvalue weighted by Crippen LogP contribution is 2.35. The van der Waals surface area contributed by atoms with E-state index >= 15 is 0 Å².